The van der Waals surface area contributed by atoms with E-state index in [0.29, 0.717) is 68.2 Å². The van der Waals surface area contributed by atoms with Gasteiger partial charge in [-0.1, -0.05) is 12.1 Å². The minimum Gasteiger partial charge on any atom is -0.469 e. The first kappa shape index (κ1) is 24.7. The Morgan fingerprint density at radius 2 is 1.94 bits per heavy atom. The quantitative estimate of drug-likeness (QED) is 0.674. The minimum atomic E-state index is -0.614. The Labute approximate surface area is 206 Å². The third-order valence-corrected chi connectivity index (χ3v) is 6.07. The number of aromatic nitrogens is 2. The number of hydrogen-bond acceptors (Lipinski definition) is 7. The Bertz CT molecular complexity index is 1090. The molecule has 0 bridgehead atoms. The molecule has 1 fully saturated rings. The van der Waals surface area contributed by atoms with Gasteiger partial charge in [-0.25, -0.2) is 9.78 Å². The molecular formula is C25H34N6O4. The van der Waals surface area contributed by atoms with Crippen molar-refractivity contribution in [3.05, 3.63) is 29.8 Å². The van der Waals surface area contributed by atoms with E-state index in [1.165, 1.54) is 0 Å². The summed E-state index contributed by atoms with van der Waals surface area (Å²) in [6.45, 7) is 13.1. The molecule has 0 radical (unpaired) electrons. The van der Waals surface area contributed by atoms with E-state index >= 15 is 0 Å². The van der Waals surface area contributed by atoms with Gasteiger partial charge in [-0.2, -0.15) is 4.98 Å². The lowest BCUT2D eigenvalue weighted by atomic mass is 10.0. The molecule has 10 heteroatoms. The maximum absolute atomic E-state index is 13.7. The number of nitrogens with zero attached hydrogens (tertiary/aromatic N) is 4. The number of amides is 3. The van der Waals surface area contributed by atoms with Gasteiger partial charge in [0.1, 0.15) is 11.2 Å². The third kappa shape index (κ3) is 5.32. The summed E-state index contributed by atoms with van der Waals surface area (Å²) < 4.78 is 11.9. The van der Waals surface area contributed by atoms with Gasteiger partial charge < -0.3 is 29.9 Å². The van der Waals surface area contributed by atoms with E-state index in [9.17, 15) is 9.59 Å². The fourth-order valence-electron chi connectivity index (χ4n) is 4.34. The number of urea groups is 1. The van der Waals surface area contributed by atoms with Crippen LogP contribution in [0.3, 0.4) is 0 Å². The highest BCUT2D eigenvalue weighted by molar-refractivity contribution is 6.03. The van der Waals surface area contributed by atoms with Gasteiger partial charge in [-0.05, 0) is 46.8 Å². The van der Waals surface area contributed by atoms with E-state index in [1.54, 1.807) is 17.0 Å². The van der Waals surface area contributed by atoms with Gasteiger partial charge in [0, 0.05) is 30.9 Å². The third-order valence-electron chi connectivity index (χ3n) is 6.07. The maximum atomic E-state index is 13.7. The average Bonchev–Trinajstić information content (AvgIpc) is 2.92. The van der Waals surface area contributed by atoms with Crippen LogP contribution in [0.1, 0.15) is 45.0 Å². The molecule has 2 N–H and O–H groups in total. The van der Waals surface area contributed by atoms with Gasteiger partial charge in [-0.3, -0.25) is 4.79 Å². The number of rotatable bonds is 5. The molecule has 2 aliphatic heterocycles. The molecule has 4 rings (SSSR count). The lowest BCUT2D eigenvalue weighted by molar-refractivity contribution is 0.0541. The van der Waals surface area contributed by atoms with Gasteiger partial charge in [0.15, 0.2) is 0 Å². The van der Waals surface area contributed by atoms with Gasteiger partial charge in [0.25, 0.3) is 5.91 Å². The highest BCUT2D eigenvalue weighted by Crippen LogP contribution is 2.36. The molecule has 3 heterocycles. The molecule has 3 amide bonds. The standard InChI is InChI=1S/C25H34N6O4/c1-6-26-24(33)27-18-10-8-17(9-11-18)20-19-21(35-25(4,5)15-30(7-2)22(19)32)29-23(28-20)31-12-13-34-14-16(31)3/h8-11,16H,6-7,12-15H2,1-5H3,(H2,26,27,33)/t16-/m0/s1. The van der Waals surface area contributed by atoms with E-state index in [-0.39, 0.29) is 18.0 Å². The predicted molar refractivity (Wildman–Crippen MR) is 134 cm³/mol. The topological polar surface area (TPSA) is 109 Å². The van der Waals surface area contributed by atoms with Crippen LogP contribution >= 0.6 is 0 Å². The molecule has 0 spiro atoms. The second kappa shape index (κ2) is 10.1. The number of anilines is 2. The van der Waals surface area contributed by atoms with Crippen LogP contribution in [-0.2, 0) is 4.74 Å². The van der Waals surface area contributed by atoms with Crippen LogP contribution in [0.4, 0.5) is 16.4 Å². The minimum absolute atomic E-state index is 0.0833. The zero-order valence-electron chi connectivity index (χ0n) is 21.1. The van der Waals surface area contributed by atoms with Crippen molar-refractivity contribution in [3.8, 4) is 17.1 Å². The van der Waals surface area contributed by atoms with Gasteiger partial charge in [0.2, 0.25) is 11.8 Å². The first-order chi connectivity index (χ1) is 16.7. The first-order valence-corrected chi connectivity index (χ1v) is 12.1. The number of ether oxygens (including phenoxy) is 2. The summed E-state index contributed by atoms with van der Waals surface area (Å²) in [4.78, 5) is 39.0. The molecule has 1 aromatic heterocycles. The van der Waals surface area contributed by atoms with Crippen LogP contribution in [0.5, 0.6) is 5.88 Å². The Morgan fingerprint density at radius 1 is 1.20 bits per heavy atom. The maximum Gasteiger partial charge on any atom is 0.319 e. The summed E-state index contributed by atoms with van der Waals surface area (Å²) in [7, 11) is 0. The molecule has 1 saturated heterocycles. The van der Waals surface area contributed by atoms with Gasteiger partial charge in [-0.15, -0.1) is 0 Å². The van der Waals surface area contributed by atoms with Crippen molar-refractivity contribution in [3.63, 3.8) is 0 Å². The molecule has 0 aliphatic carbocycles. The molecule has 2 aromatic rings. The van der Waals surface area contributed by atoms with Crippen molar-refractivity contribution in [1.29, 1.82) is 0 Å². The van der Waals surface area contributed by atoms with Crippen LogP contribution in [0.25, 0.3) is 11.3 Å². The number of fused-ring (bicyclic) bond motifs is 1. The lowest BCUT2D eigenvalue weighted by Crippen LogP contribution is -2.44. The summed E-state index contributed by atoms with van der Waals surface area (Å²) in [5, 5.41) is 5.50. The smallest absolute Gasteiger partial charge is 0.319 e. The van der Waals surface area contributed by atoms with Crippen LogP contribution in [0, 0.1) is 0 Å². The van der Waals surface area contributed by atoms with E-state index in [2.05, 4.69) is 22.5 Å². The fraction of sp³-hybridized carbons (Fsp3) is 0.520. The molecule has 188 valence electrons. The SMILES string of the molecule is CCNC(=O)Nc1ccc(-c2nc(N3CCOC[C@@H]3C)nc3c2C(=O)N(CC)CC(C)(C)O3)cc1. The molecule has 0 unspecified atom stereocenters. The van der Waals surface area contributed by atoms with Crippen molar-refractivity contribution in [2.75, 3.05) is 49.6 Å². The van der Waals surface area contributed by atoms with E-state index in [4.69, 9.17) is 19.4 Å². The van der Waals surface area contributed by atoms with E-state index in [0.717, 1.165) is 5.56 Å². The Hall–Kier alpha value is -3.40. The number of likely N-dealkylation sites (N-methyl/N-ethyl adjacent to an activating group) is 1. The highest BCUT2D eigenvalue weighted by Gasteiger charge is 2.37. The molecular weight excluding hydrogens is 448 g/mol. The number of hydrogen-bond donors (Lipinski definition) is 2. The zero-order chi connectivity index (χ0) is 25.2. The lowest BCUT2D eigenvalue weighted by Gasteiger charge is -2.34. The molecule has 0 saturated carbocycles. The van der Waals surface area contributed by atoms with Crippen LogP contribution in [-0.4, -0.2) is 77.8 Å². The van der Waals surface area contributed by atoms with Crippen LogP contribution < -0.4 is 20.3 Å². The molecule has 1 aromatic carbocycles. The Kier molecular flexibility index (Phi) is 7.11. The number of morpholine rings is 1. The predicted octanol–water partition coefficient (Wildman–Crippen LogP) is 3.14. The van der Waals surface area contributed by atoms with Crippen molar-refractivity contribution in [2.45, 2.75) is 46.3 Å². The molecule has 35 heavy (non-hydrogen) atoms. The monoisotopic (exact) mass is 482 g/mol. The van der Waals surface area contributed by atoms with Crippen LogP contribution in [0.15, 0.2) is 24.3 Å². The average molecular weight is 483 g/mol. The Morgan fingerprint density at radius 3 is 2.60 bits per heavy atom. The van der Waals surface area contributed by atoms with Gasteiger partial charge in [0.05, 0.1) is 31.5 Å². The van der Waals surface area contributed by atoms with E-state index in [1.807, 2.05) is 39.8 Å². The van der Waals surface area contributed by atoms with Gasteiger partial charge >= 0.3 is 6.03 Å². The summed E-state index contributed by atoms with van der Waals surface area (Å²) >= 11 is 0. The Balaban J connectivity index is 1.82. The fourth-order valence-corrected chi connectivity index (χ4v) is 4.34. The second-order valence-electron chi connectivity index (χ2n) is 9.41. The van der Waals surface area contributed by atoms with Crippen molar-refractivity contribution in [1.82, 2.24) is 20.2 Å². The summed E-state index contributed by atoms with van der Waals surface area (Å²) in [6.07, 6.45) is 0. The van der Waals surface area contributed by atoms with Crippen molar-refractivity contribution < 1.29 is 19.1 Å². The highest BCUT2D eigenvalue weighted by atomic mass is 16.5. The summed E-state index contributed by atoms with van der Waals surface area (Å²) in [5.74, 6) is 0.640. The van der Waals surface area contributed by atoms with E-state index < -0.39 is 5.60 Å². The number of carbonyl (C=O) groups is 2. The van der Waals surface area contributed by atoms with Crippen LogP contribution in [0.2, 0.25) is 0 Å². The largest absolute Gasteiger partial charge is 0.469 e. The molecule has 1 atom stereocenters. The molecule has 2 aliphatic rings. The first-order valence-electron chi connectivity index (χ1n) is 12.1. The van der Waals surface area contributed by atoms with Crippen molar-refractivity contribution in [2.24, 2.45) is 0 Å². The summed E-state index contributed by atoms with van der Waals surface area (Å²) in [5.41, 5.74) is 1.62. The normalized spacial score (nSPS) is 19.5. The summed E-state index contributed by atoms with van der Waals surface area (Å²) in [6, 6.07) is 7.08. The second-order valence-corrected chi connectivity index (χ2v) is 9.41. The molecule has 10 nitrogen and oxygen atoms in total. The number of benzene rings is 1. The van der Waals surface area contributed by atoms with Crippen molar-refractivity contribution >= 4 is 23.6 Å². The zero-order valence-corrected chi connectivity index (χ0v) is 21.1. The number of nitrogens with one attached hydrogen (secondary N) is 2. The number of carbonyl (C=O) groups excluding carboxylic acids is 2.